The van der Waals surface area contributed by atoms with Crippen LogP contribution in [0.25, 0.3) is 21.2 Å². The maximum absolute atomic E-state index is 12.1. The van der Waals surface area contributed by atoms with Crippen molar-refractivity contribution in [3.8, 4) is 0 Å². The van der Waals surface area contributed by atoms with Gasteiger partial charge in [0.25, 0.3) is 0 Å². The van der Waals surface area contributed by atoms with Gasteiger partial charge >= 0.3 is 5.63 Å². The molecular formula is C24H25N3O2S. The first kappa shape index (κ1) is 19.4. The van der Waals surface area contributed by atoms with Crippen LogP contribution >= 0.6 is 11.3 Å². The normalized spacial score (nSPS) is 15.9. The van der Waals surface area contributed by atoms with Crippen LogP contribution in [0.5, 0.6) is 0 Å². The fraction of sp³-hybridized carbons (Fsp3) is 0.333. The zero-order valence-electron chi connectivity index (χ0n) is 17.1. The van der Waals surface area contributed by atoms with E-state index in [0.29, 0.717) is 5.58 Å². The number of hydrogen-bond donors (Lipinski definition) is 0. The van der Waals surface area contributed by atoms with E-state index in [9.17, 15) is 4.79 Å². The second-order valence-electron chi connectivity index (χ2n) is 7.90. The van der Waals surface area contributed by atoms with Gasteiger partial charge in [-0.3, -0.25) is 9.80 Å². The van der Waals surface area contributed by atoms with Crippen molar-refractivity contribution in [2.24, 2.45) is 0 Å². The molecule has 1 fully saturated rings. The number of hydrogen-bond acceptors (Lipinski definition) is 6. The molecule has 0 aliphatic carbocycles. The fourth-order valence-electron chi connectivity index (χ4n) is 4.15. The summed E-state index contributed by atoms with van der Waals surface area (Å²) in [6, 6.07) is 16.2. The van der Waals surface area contributed by atoms with Gasteiger partial charge in [0, 0.05) is 44.2 Å². The van der Waals surface area contributed by atoms with Gasteiger partial charge in [-0.05, 0) is 35.7 Å². The number of aryl methyl sites for hydroxylation is 1. The van der Waals surface area contributed by atoms with E-state index in [1.54, 1.807) is 17.4 Å². The van der Waals surface area contributed by atoms with Crippen molar-refractivity contribution >= 4 is 32.5 Å². The number of para-hydroxylation sites is 1. The van der Waals surface area contributed by atoms with Gasteiger partial charge in [0.2, 0.25) is 0 Å². The molecule has 0 unspecified atom stereocenters. The Labute approximate surface area is 179 Å². The molecule has 0 spiro atoms. The lowest BCUT2D eigenvalue weighted by Gasteiger charge is -2.34. The smallest absolute Gasteiger partial charge is 0.336 e. The monoisotopic (exact) mass is 419 g/mol. The molecule has 5 nitrogen and oxygen atoms in total. The van der Waals surface area contributed by atoms with Crippen molar-refractivity contribution in [3.05, 3.63) is 75.1 Å². The van der Waals surface area contributed by atoms with Crippen molar-refractivity contribution in [1.82, 2.24) is 14.8 Å². The molecule has 0 atom stereocenters. The number of thiazole rings is 1. The quantitative estimate of drug-likeness (QED) is 0.452. The fourth-order valence-corrected chi connectivity index (χ4v) is 5.16. The Hall–Kier alpha value is -2.54. The predicted molar refractivity (Wildman–Crippen MR) is 122 cm³/mol. The van der Waals surface area contributed by atoms with Gasteiger partial charge in [-0.25, -0.2) is 9.78 Å². The minimum absolute atomic E-state index is 0.264. The van der Waals surface area contributed by atoms with Gasteiger partial charge in [0.1, 0.15) is 10.6 Å². The largest absolute Gasteiger partial charge is 0.423 e. The average molecular weight is 420 g/mol. The van der Waals surface area contributed by atoms with Gasteiger partial charge in [0.15, 0.2) is 0 Å². The molecule has 0 N–H and O–H groups in total. The summed E-state index contributed by atoms with van der Waals surface area (Å²) < 4.78 is 6.71. The third-order valence-electron chi connectivity index (χ3n) is 5.86. The Balaban J connectivity index is 1.25. The highest BCUT2D eigenvalue weighted by Crippen LogP contribution is 2.24. The van der Waals surface area contributed by atoms with Crippen molar-refractivity contribution in [2.75, 3.05) is 26.2 Å². The topological polar surface area (TPSA) is 49.6 Å². The number of nitrogens with zero attached hydrogens (tertiary/aromatic N) is 3. The van der Waals surface area contributed by atoms with Crippen LogP contribution in [0.3, 0.4) is 0 Å². The molecule has 0 saturated carbocycles. The third-order valence-corrected chi connectivity index (χ3v) is 6.88. The Morgan fingerprint density at radius 1 is 1.00 bits per heavy atom. The first-order valence-electron chi connectivity index (χ1n) is 10.5. The highest BCUT2D eigenvalue weighted by atomic mass is 32.1. The van der Waals surface area contributed by atoms with Crippen LogP contribution < -0.4 is 5.63 Å². The van der Waals surface area contributed by atoms with Gasteiger partial charge < -0.3 is 4.42 Å². The van der Waals surface area contributed by atoms with Gasteiger partial charge in [-0.1, -0.05) is 31.2 Å². The Morgan fingerprint density at radius 2 is 1.77 bits per heavy atom. The van der Waals surface area contributed by atoms with E-state index in [2.05, 4.69) is 47.1 Å². The van der Waals surface area contributed by atoms with Crippen molar-refractivity contribution in [1.29, 1.82) is 0 Å². The molecule has 1 aliphatic heterocycles. The maximum Gasteiger partial charge on any atom is 0.336 e. The molecule has 2 aromatic heterocycles. The van der Waals surface area contributed by atoms with E-state index in [0.717, 1.165) is 62.2 Å². The summed E-state index contributed by atoms with van der Waals surface area (Å²) in [6.45, 7) is 7.79. The molecule has 30 heavy (non-hydrogen) atoms. The molecule has 1 saturated heterocycles. The van der Waals surface area contributed by atoms with E-state index in [1.807, 2.05) is 12.1 Å². The summed E-state index contributed by atoms with van der Waals surface area (Å²) in [5.74, 6) is 0. The molecule has 3 heterocycles. The van der Waals surface area contributed by atoms with Gasteiger partial charge in [-0.2, -0.15) is 0 Å². The third kappa shape index (κ3) is 4.03. The molecule has 0 amide bonds. The lowest BCUT2D eigenvalue weighted by molar-refractivity contribution is 0.122. The zero-order valence-corrected chi connectivity index (χ0v) is 18.0. The van der Waals surface area contributed by atoms with Crippen molar-refractivity contribution in [3.63, 3.8) is 0 Å². The Bertz CT molecular complexity index is 1210. The number of fused-ring (bicyclic) bond motifs is 2. The maximum atomic E-state index is 12.1. The van der Waals surface area contributed by atoms with Crippen molar-refractivity contribution in [2.45, 2.75) is 26.4 Å². The lowest BCUT2D eigenvalue weighted by Crippen LogP contribution is -2.45. The highest BCUT2D eigenvalue weighted by molar-refractivity contribution is 7.18. The van der Waals surface area contributed by atoms with E-state index >= 15 is 0 Å². The molecule has 0 radical (unpaired) electrons. The molecule has 2 aromatic carbocycles. The number of rotatable bonds is 5. The second kappa shape index (κ2) is 8.30. The predicted octanol–water partition coefficient (Wildman–Crippen LogP) is 4.28. The van der Waals surface area contributed by atoms with Crippen LogP contribution in [0.2, 0.25) is 0 Å². The molecule has 4 aromatic rings. The van der Waals surface area contributed by atoms with E-state index < -0.39 is 0 Å². The van der Waals surface area contributed by atoms with Crippen LogP contribution in [-0.2, 0) is 19.5 Å². The summed E-state index contributed by atoms with van der Waals surface area (Å²) in [6.07, 6.45) is 0.931. The van der Waals surface area contributed by atoms with Gasteiger partial charge in [0.05, 0.1) is 16.8 Å². The summed E-state index contributed by atoms with van der Waals surface area (Å²) in [7, 11) is 0. The highest BCUT2D eigenvalue weighted by Gasteiger charge is 2.19. The van der Waals surface area contributed by atoms with Crippen LogP contribution in [0.15, 0.2) is 57.7 Å². The standard InChI is InChI=1S/C24H25N3O2S/c1-2-17-7-8-19-18(14-24(28)29-21(19)13-17)15-26-9-11-27(12-10-26)16-23-25-20-5-3-4-6-22(20)30-23/h3-8,13-14H,2,9-12,15-16H2,1H3. The molecule has 6 heteroatoms. The van der Waals surface area contributed by atoms with Crippen LogP contribution in [0.1, 0.15) is 23.1 Å². The average Bonchev–Trinajstić information content (AvgIpc) is 3.17. The van der Waals surface area contributed by atoms with Crippen molar-refractivity contribution < 1.29 is 4.42 Å². The minimum atomic E-state index is -0.264. The van der Waals surface area contributed by atoms with E-state index in [-0.39, 0.29) is 5.63 Å². The van der Waals surface area contributed by atoms with E-state index in [4.69, 9.17) is 9.40 Å². The number of piperazine rings is 1. The second-order valence-corrected chi connectivity index (χ2v) is 9.02. The number of aromatic nitrogens is 1. The molecule has 154 valence electrons. The first-order chi connectivity index (χ1) is 14.7. The first-order valence-corrected chi connectivity index (χ1v) is 11.3. The molecular weight excluding hydrogens is 394 g/mol. The number of benzene rings is 2. The minimum Gasteiger partial charge on any atom is -0.423 e. The molecule has 1 aliphatic rings. The summed E-state index contributed by atoms with van der Waals surface area (Å²) >= 11 is 1.79. The summed E-state index contributed by atoms with van der Waals surface area (Å²) in [5.41, 5.74) is 3.78. The SMILES string of the molecule is CCc1ccc2c(CN3CCN(Cc4nc5ccccc5s4)CC3)cc(=O)oc2c1. The van der Waals surface area contributed by atoms with E-state index in [1.165, 1.54) is 15.3 Å². The van der Waals surface area contributed by atoms with Crippen LogP contribution in [-0.4, -0.2) is 41.0 Å². The van der Waals surface area contributed by atoms with Gasteiger partial charge in [-0.15, -0.1) is 11.3 Å². The summed E-state index contributed by atoms with van der Waals surface area (Å²) in [4.78, 5) is 21.7. The Kier molecular flexibility index (Phi) is 5.37. The zero-order chi connectivity index (χ0) is 20.5. The van der Waals surface area contributed by atoms with Crippen LogP contribution in [0.4, 0.5) is 0 Å². The molecule has 0 bridgehead atoms. The molecule has 5 rings (SSSR count). The Morgan fingerprint density at radius 3 is 2.53 bits per heavy atom. The lowest BCUT2D eigenvalue weighted by atomic mass is 10.1. The summed E-state index contributed by atoms with van der Waals surface area (Å²) in [5, 5.41) is 2.23. The van der Waals surface area contributed by atoms with Crippen LogP contribution in [0, 0.1) is 0 Å².